The summed E-state index contributed by atoms with van der Waals surface area (Å²) in [6.07, 6.45) is -10.0. The summed E-state index contributed by atoms with van der Waals surface area (Å²) in [6, 6.07) is 2.08. The number of rotatable bonds is 4. The van der Waals surface area contributed by atoms with Gasteiger partial charge in [-0.15, -0.1) is 0 Å². The molecule has 0 aliphatic carbocycles. The highest BCUT2D eigenvalue weighted by molar-refractivity contribution is 5.90. The Balaban J connectivity index is 2.13. The third-order valence-electron chi connectivity index (χ3n) is 2.82. The Morgan fingerprint density at radius 1 is 1.08 bits per heavy atom. The summed E-state index contributed by atoms with van der Waals surface area (Å²) in [5, 5.41) is 5.67. The average molecular weight is 368 g/mol. The second kappa shape index (κ2) is 6.65. The molecular weight excluding hydrogens is 358 g/mol. The van der Waals surface area contributed by atoms with Crippen LogP contribution in [0.2, 0.25) is 0 Å². The van der Waals surface area contributed by atoms with E-state index in [-0.39, 0.29) is 12.0 Å². The molecular formula is C14H10F6N2O3. The Bertz CT molecular complexity index is 734. The number of anilines is 1. The zero-order valence-electron chi connectivity index (χ0n) is 12.5. The fraction of sp³-hybridized carbons (Fsp3) is 0.286. The van der Waals surface area contributed by atoms with Gasteiger partial charge in [0.2, 0.25) is 5.88 Å². The van der Waals surface area contributed by atoms with Crippen LogP contribution in [-0.2, 0) is 17.1 Å². The monoisotopic (exact) mass is 368 g/mol. The van der Waals surface area contributed by atoms with Crippen molar-refractivity contribution in [3.8, 4) is 5.75 Å². The van der Waals surface area contributed by atoms with Crippen LogP contribution in [0.5, 0.6) is 5.75 Å². The lowest BCUT2D eigenvalue weighted by molar-refractivity contribution is -0.143. The highest BCUT2D eigenvalue weighted by Crippen LogP contribution is 2.38. The quantitative estimate of drug-likeness (QED) is 0.828. The molecule has 0 atom stereocenters. The Kier molecular flexibility index (Phi) is 4.95. The molecule has 0 radical (unpaired) electrons. The van der Waals surface area contributed by atoms with Gasteiger partial charge < -0.3 is 9.26 Å². The van der Waals surface area contributed by atoms with Crippen LogP contribution in [0.1, 0.15) is 16.8 Å². The van der Waals surface area contributed by atoms with E-state index in [2.05, 4.69) is 15.0 Å². The lowest BCUT2D eigenvalue weighted by Gasteiger charge is -2.14. The molecule has 0 fully saturated rings. The molecule has 0 bridgehead atoms. The molecule has 11 heteroatoms. The number of hydrogen-bond acceptors (Lipinski definition) is 4. The Labute approximate surface area is 136 Å². The minimum absolute atomic E-state index is 0.0360. The SMILES string of the molecule is Cc1cc(NC(=O)COc2cc(C(F)(F)F)cc(C(F)(F)F)c2)on1. The van der Waals surface area contributed by atoms with E-state index in [1.807, 2.05) is 0 Å². The third kappa shape index (κ3) is 5.13. The van der Waals surface area contributed by atoms with Crippen LogP contribution in [0.3, 0.4) is 0 Å². The van der Waals surface area contributed by atoms with Gasteiger partial charge in [-0.05, 0) is 25.1 Å². The van der Waals surface area contributed by atoms with Crippen molar-refractivity contribution in [2.24, 2.45) is 0 Å². The van der Waals surface area contributed by atoms with Gasteiger partial charge in [-0.25, -0.2) is 0 Å². The van der Waals surface area contributed by atoms with Gasteiger partial charge in [0.25, 0.3) is 5.91 Å². The molecule has 136 valence electrons. The topological polar surface area (TPSA) is 64.4 Å². The number of amides is 1. The summed E-state index contributed by atoms with van der Waals surface area (Å²) in [6.45, 7) is 0.759. The van der Waals surface area contributed by atoms with Crippen molar-refractivity contribution < 1.29 is 40.4 Å². The van der Waals surface area contributed by atoms with Gasteiger partial charge in [0.05, 0.1) is 16.8 Å². The number of ether oxygens (including phenoxy) is 1. The number of carbonyl (C=O) groups is 1. The van der Waals surface area contributed by atoms with Gasteiger partial charge in [0.15, 0.2) is 6.61 Å². The van der Waals surface area contributed by atoms with E-state index in [4.69, 9.17) is 4.74 Å². The van der Waals surface area contributed by atoms with Crippen LogP contribution in [-0.4, -0.2) is 17.7 Å². The first-order valence-corrected chi connectivity index (χ1v) is 6.60. The molecule has 0 saturated heterocycles. The Morgan fingerprint density at radius 3 is 2.08 bits per heavy atom. The molecule has 5 nitrogen and oxygen atoms in total. The number of carbonyl (C=O) groups excluding carboxylic acids is 1. The zero-order chi connectivity index (χ0) is 18.8. The second-order valence-electron chi connectivity index (χ2n) is 4.91. The van der Waals surface area contributed by atoms with E-state index >= 15 is 0 Å². The minimum Gasteiger partial charge on any atom is -0.484 e. The van der Waals surface area contributed by atoms with Crippen molar-refractivity contribution in [3.05, 3.63) is 41.1 Å². The minimum atomic E-state index is -5.00. The van der Waals surface area contributed by atoms with Gasteiger partial charge in [-0.3, -0.25) is 10.1 Å². The molecule has 1 heterocycles. The van der Waals surface area contributed by atoms with Crippen molar-refractivity contribution in [1.29, 1.82) is 0 Å². The number of alkyl halides is 6. The molecule has 1 aromatic carbocycles. The summed E-state index contributed by atoms with van der Waals surface area (Å²) in [4.78, 5) is 11.6. The van der Waals surface area contributed by atoms with Gasteiger partial charge in [0, 0.05) is 6.07 Å². The lowest BCUT2D eigenvalue weighted by atomic mass is 10.1. The maximum atomic E-state index is 12.7. The number of nitrogens with one attached hydrogen (secondary N) is 1. The van der Waals surface area contributed by atoms with E-state index in [1.165, 1.54) is 6.07 Å². The van der Waals surface area contributed by atoms with E-state index in [9.17, 15) is 31.1 Å². The fourth-order valence-electron chi connectivity index (χ4n) is 1.75. The summed E-state index contributed by atoms with van der Waals surface area (Å²) in [5.41, 5.74) is -2.61. The van der Waals surface area contributed by atoms with Crippen LogP contribution in [0, 0.1) is 6.92 Å². The van der Waals surface area contributed by atoms with Crippen molar-refractivity contribution in [3.63, 3.8) is 0 Å². The summed E-state index contributed by atoms with van der Waals surface area (Å²) in [7, 11) is 0. The van der Waals surface area contributed by atoms with Crippen molar-refractivity contribution in [2.45, 2.75) is 19.3 Å². The third-order valence-corrected chi connectivity index (χ3v) is 2.82. The summed E-state index contributed by atoms with van der Waals surface area (Å²) >= 11 is 0. The fourth-order valence-corrected chi connectivity index (χ4v) is 1.75. The summed E-state index contributed by atoms with van der Waals surface area (Å²) in [5.74, 6) is -1.63. The average Bonchev–Trinajstić information content (AvgIpc) is 2.88. The molecule has 25 heavy (non-hydrogen) atoms. The molecule has 0 saturated carbocycles. The molecule has 2 aromatic rings. The molecule has 2 rings (SSSR count). The maximum absolute atomic E-state index is 12.7. The molecule has 1 aromatic heterocycles. The van der Waals surface area contributed by atoms with E-state index < -0.39 is 41.7 Å². The normalized spacial score (nSPS) is 12.1. The number of aryl methyl sites for hydroxylation is 1. The van der Waals surface area contributed by atoms with Gasteiger partial charge in [-0.2, -0.15) is 26.3 Å². The molecule has 0 unspecified atom stereocenters. The maximum Gasteiger partial charge on any atom is 0.416 e. The predicted molar refractivity (Wildman–Crippen MR) is 71.8 cm³/mol. The molecule has 0 aliphatic heterocycles. The highest BCUT2D eigenvalue weighted by atomic mass is 19.4. The van der Waals surface area contributed by atoms with E-state index in [0.717, 1.165) is 0 Å². The van der Waals surface area contributed by atoms with Gasteiger partial charge in [0.1, 0.15) is 5.75 Å². The molecule has 1 N–H and O–H groups in total. The first kappa shape index (κ1) is 18.6. The van der Waals surface area contributed by atoms with Crippen LogP contribution in [0.4, 0.5) is 32.2 Å². The van der Waals surface area contributed by atoms with Crippen molar-refractivity contribution in [1.82, 2.24) is 5.16 Å². The smallest absolute Gasteiger partial charge is 0.416 e. The zero-order valence-corrected chi connectivity index (χ0v) is 12.5. The van der Waals surface area contributed by atoms with Gasteiger partial charge >= 0.3 is 12.4 Å². The van der Waals surface area contributed by atoms with E-state index in [0.29, 0.717) is 17.8 Å². The number of aromatic nitrogens is 1. The van der Waals surface area contributed by atoms with Crippen LogP contribution in [0.15, 0.2) is 28.8 Å². The van der Waals surface area contributed by atoms with Crippen molar-refractivity contribution in [2.75, 3.05) is 11.9 Å². The van der Waals surface area contributed by atoms with Crippen LogP contribution >= 0.6 is 0 Å². The second-order valence-corrected chi connectivity index (χ2v) is 4.91. The lowest BCUT2D eigenvalue weighted by Crippen LogP contribution is -2.20. The van der Waals surface area contributed by atoms with Crippen LogP contribution < -0.4 is 10.1 Å². The number of hydrogen-bond donors (Lipinski definition) is 1. The largest absolute Gasteiger partial charge is 0.484 e. The number of halogens is 6. The number of benzene rings is 1. The summed E-state index contributed by atoms with van der Waals surface area (Å²) < 4.78 is 85.6. The molecule has 1 amide bonds. The first-order chi connectivity index (χ1) is 11.4. The molecule has 0 aliphatic rings. The number of nitrogens with zero attached hydrogens (tertiary/aromatic N) is 1. The standard InChI is InChI=1S/C14H10F6N2O3/c1-7-2-12(25-22-7)21-11(23)6-24-10-4-8(13(15,16)17)3-9(5-10)14(18,19)20/h2-5H,6H2,1H3,(H,21,23). The highest BCUT2D eigenvalue weighted by Gasteiger charge is 2.37. The van der Waals surface area contributed by atoms with Gasteiger partial charge in [-0.1, -0.05) is 5.16 Å². The van der Waals surface area contributed by atoms with E-state index in [1.54, 1.807) is 6.92 Å². The molecule has 0 spiro atoms. The first-order valence-electron chi connectivity index (χ1n) is 6.60. The Hall–Kier alpha value is -2.72. The van der Waals surface area contributed by atoms with Crippen molar-refractivity contribution >= 4 is 11.8 Å². The van der Waals surface area contributed by atoms with Crippen LogP contribution in [0.25, 0.3) is 0 Å². The Morgan fingerprint density at radius 2 is 1.64 bits per heavy atom. The predicted octanol–water partition coefficient (Wildman–Crippen LogP) is 4.04.